The Kier molecular flexibility index (Phi) is 3.91. The number of nitrogens with one attached hydrogen (secondary N) is 1. The summed E-state index contributed by atoms with van der Waals surface area (Å²) in [5, 5.41) is 2.78. The Morgan fingerprint density at radius 1 is 1.44 bits per heavy atom. The lowest BCUT2D eigenvalue weighted by Gasteiger charge is -2.27. The number of carbonyl (C=O) groups is 2. The molecule has 0 saturated carbocycles. The molecular formula is C11H21N3O2. The number of likely N-dealkylation sites (tertiary alicyclic amines) is 1. The van der Waals surface area contributed by atoms with Crippen LogP contribution in [-0.2, 0) is 4.79 Å². The number of hydrogen-bond acceptors (Lipinski definition) is 3. The summed E-state index contributed by atoms with van der Waals surface area (Å²) in [6.45, 7) is 6.11. The van der Waals surface area contributed by atoms with Crippen LogP contribution in [0.1, 0.15) is 40.0 Å². The number of hydrogen-bond donors (Lipinski definition) is 2. The fourth-order valence-corrected chi connectivity index (χ4v) is 1.66. The lowest BCUT2D eigenvalue weighted by molar-refractivity contribution is -0.129. The molecule has 1 heterocycles. The molecule has 5 nitrogen and oxygen atoms in total. The lowest BCUT2D eigenvalue weighted by atomic mass is 10.1. The highest BCUT2D eigenvalue weighted by Gasteiger charge is 2.30. The summed E-state index contributed by atoms with van der Waals surface area (Å²) in [5.74, 6) is -0.265. The molecule has 16 heavy (non-hydrogen) atoms. The third kappa shape index (κ3) is 3.48. The fraction of sp³-hybridized carbons (Fsp3) is 0.818. The Morgan fingerprint density at radius 2 is 2.06 bits per heavy atom. The van der Waals surface area contributed by atoms with Crippen LogP contribution in [0.3, 0.4) is 0 Å². The largest absolute Gasteiger partial charge is 0.333 e. The van der Waals surface area contributed by atoms with E-state index in [2.05, 4.69) is 5.32 Å². The molecule has 0 aromatic carbocycles. The zero-order valence-corrected chi connectivity index (χ0v) is 10.2. The van der Waals surface area contributed by atoms with E-state index in [1.807, 2.05) is 20.8 Å². The van der Waals surface area contributed by atoms with Crippen molar-refractivity contribution >= 4 is 11.9 Å². The van der Waals surface area contributed by atoms with Crippen LogP contribution in [-0.4, -0.2) is 35.0 Å². The summed E-state index contributed by atoms with van der Waals surface area (Å²) < 4.78 is 0. The van der Waals surface area contributed by atoms with Crippen LogP contribution in [0, 0.1) is 0 Å². The van der Waals surface area contributed by atoms with Gasteiger partial charge in [-0.15, -0.1) is 0 Å². The van der Waals surface area contributed by atoms with Crippen LogP contribution in [0.15, 0.2) is 0 Å². The summed E-state index contributed by atoms with van der Waals surface area (Å²) in [6, 6.07) is -0.872. The summed E-state index contributed by atoms with van der Waals surface area (Å²) in [5.41, 5.74) is 5.36. The first kappa shape index (κ1) is 13.0. The van der Waals surface area contributed by atoms with Crippen molar-refractivity contribution in [1.29, 1.82) is 0 Å². The van der Waals surface area contributed by atoms with E-state index < -0.39 is 6.04 Å². The zero-order chi connectivity index (χ0) is 12.3. The summed E-state index contributed by atoms with van der Waals surface area (Å²) in [4.78, 5) is 24.9. The summed E-state index contributed by atoms with van der Waals surface area (Å²) >= 11 is 0. The Morgan fingerprint density at radius 3 is 2.62 bits per heavy atom. The number of imide groups is 1. The second-order valence-electron chi connectivity index (χ2n) is 5.27. The van der Waals surface area contributed by atoms with Gasteiger partial charge in [-0.2, -0.15) is 0 Å². The van der Waals surface area contributed by atoms with Crippen molar-refractivity contribution in [3.63, 3.8) is 0 Å². The van der Waals surface area contributed by atoms with Crippen LogP contribution in [0.4, 0.5) is 4.79 Å². The molecule has 0 spiro atoms. The SMILES string of the molecule is CC(C)(C)NC(=O)N1CCCC[C@@H](N)C1=O. The Hall–Kier alpha value is -1.10. The first-order valence-electron chi connectivity index (χ1n) is 5.70. The van der Waals surface area contributed by atoms with Crippen molar-refractivity contribution in [3.05, 3.63) is 0 Å². The number of amides is 3. The normalized spacial score (nSPS) is 22.9. The standard InChI is InChI=1S/C11H21N3O2/c1-11(2,3)13-10(16)14-7-5-4-6-8(12)9(14)15/h8H,4-7,12H2,1-3H3,(H,13,16)/t8-/m1/s1. The average Bonchev–Trinajstić information content (AvgIpc) is 2.27. The van der Waals surface area contributed by atoms with E-state index in [0.29, 0.717) is 13.0 Å². The van der Waals surface area contributed by atoms with Gasteiger partial charge in [0.1, 0.15) is 0 Å². The maximum absolute atomic E-state index is 11.9. The topological polar surface area (TPSA) is 75.4 Å². The summed E-state index contributed by atoms with van der Waals surface area (Å²) in [6.07, 6.45) is 2.39. The van der Waals surface area contributed by atoms with Gasteiger partial charge in [0.05, 0.1) is 6.04 Å². The number of carbonyl (C=O) groups excluding carboxylic acids is 2. The van der Waals surface area contributed by atoms with Crippen molar-refractivity contribution in [2.75, 3.05) is 6.54 Å². The van der Waals surface area contributed by atoms with Crippen molar-refractivity contribution in [3.8, 4) is 0 Å². The molecule has 1 rings (SSSR count). The first-order chi connectivity index (χ1) is 7.31. The third-order valence-corrected chi connectivity index (χ3v) is 2.46. The third-order valence-electron chi connectivity index (χ3n) is 2.46. The van der Waals surface area contributed by atoms with Crippen LogP contribution in [0.5, 0.6) is 0 Å². The van der Waals surface area contributed by atoms with Gasteiger partial charge in [0.25, 0.3) is 0 Å². The Bertz CT molecular complexity index is 283. The van der Waals surface area contributed by atoms with E-state index in [-0.39, 0.29) is 17.5 Å². The second-order valence-corrected chi connectivity index (χ2v) is 5.27. The van der Waals surface area contributed by atoms with Gasteiger partial charge in [-0.05, 0) is 40.0 Å². The van der Waals surface area contributed by atoms with Crippen LogP contribution in [0.2, 0.25) is 0 Å². The van der Waals surface area contributed by atoms with E-state index in [4.69, 9.17) is 5.73 Å². The van der Waals surface area contributed by atoms with Gasteiger partial charge in [0.2, 0.25) is 5.91 Å². The molecule has 1 saturated heterocycles. The van der Waals surface area contributed by atoms with Gasteiger partial charge >= 0.3 is 6.03 Å². The minimum absolute atomic E-state index is 0.265. The molecule has 1 aliphatic heterocycles. The molecule has 1 aliphatic rings. The fourth-order valence-electron chi connectivity index (χ4n) is 1.66. The van der Waals surface area contributed by atoms with Crippen molar-refractivity contribution < 1.29 is 9.59 Å². The number of nitrogens with two attached hydrogens (primary N) is 1. The molecule has 1 fully saturated rings. The molecule has 3 N–H and O–H groups in total. The molecule has 0 unspecified atom stereocenters. The minimum Gasteiger partial charge on any atom is -0.333 e. The van der Waals surface area contributed by atoms with Gasteiger partial charge in [-0.25, -0.2) is 4.79 Å². The van der Waals surface area contributed by atoms with E-state index in [1.165, 1.54) is 4.90 Å². The maximum atomic E-state index is 11.9. The highest BCUT2D eigenvalue weighted by molar-refractivity contribution is 5.97. The van der Waals surface area contributed by atoms with Gasteiger partial charge in [0, 0.05) is 12.1 Å². The molecule has 3 amide bonds. The molecule has 0 radical (unpaired) electrons. The maximum Gasteiger partial charge on any atom is 0.324 e. The Balaban J connectivity index is 2.69. The zero-order valence-electron chi connectivity index (χ0n) is 10.2. The highest BCUT2D eigenvalue weighted by Crippen LogP contribution is 2.11. The molecule has 5 heteroatoms. The smallest absolute Gasteiger partial charge is 0.324 e. The highest BCUT2D eigenvalue weighted by atomic mass is 16.2. The molecular weight excluding hydrogens is 206 g/mol. The molecule has 0 bridgehead atoms. The quantitative estimate of drug-likeness (QED) is 0.643. The lowest BCUT2D eigenvalue weighted by Crippen LogP contribution is -2.53. The summed E-state index contributed by atoms with van der Waals surface area (Å²) in [7, 11) is 0. The molecule has 92 valence electrons. The van der Waals surface area contributed by atoms with Crippen LogP contribution >= 0.6 is 0 Å². The van der Waals surface area contributed by atoms with Gasteiger partial charge < -0.3 is 11.1 Å². The predicted molar refractivity (Wildman–Crippen MR) is 61.8 cm³/mol. The van der Waals surface area contributed by atoms with Crippen molar-refractivity contribution in [2.45, 2.75) is 51.6 Å². The number of rotatable bonds is 0. The number of urea groups is 1. The minimum atomic E-state index is -0.534. The molecule has 0 aromatic rings. The van der Waals surface area contributed by atoms with Gasteiger partial charge in [0.15, 0.2) is 0 Å². The molecule has 1 atom stereocenters. The monoisotopic (exact) mass is 227 g/mol. The van der Waals surface area contributed by atoms with E-state index >= 15 is 0 Å². The number of nitrogens with zero attached hydrogens (tertiary/aromatic N) is 1. The first-order valence-corrected chi connectivity index (χ1v) is 5.70. The van der Waals surface area contributed by atoms with Gasteiger partial charge in [-0.1, -0.05) is 0 Å². The predicted octanol–water partition coefficient (Wildman–Crippen LogP) is 0.834. The van der Waals surface area contributed by atoms with Crippen molar-refractivity contribution in [2.24, 2.45) is 5.73 Å². The Labute approximate surface area is 96.4 Å². The average molecular weight is 227 g/mol. The van der Waals surface area contributed by atoms with Crippen molar-refractivity contribution in [1.82, 2.24) is 10.2 Å². The molecule has 0 aromatic heterocycles. The van der Waals surface area contributed by atoms with Crippen LogP contribution < -0.4 is 11.1 Å². The van der Waals surface area contributed by atoms with Crippen LogP contribution in [0.25, 0.3) is 0 Å². The van der Waals surface area contributed by atoms with E-state index in [1.54, 1.807) is 0 Å². The van der Waals surface area contributed by atoms with Gasteiger partial charge in [-0.3, -0.25) is 9.69 Å². The van der Waals surface area contributed by atoms with E-state index in [0.717, 1.165) is 12.8 Å². The molecule has 0 aliphatic carbocycles. The second kappa shape index (κ2) is 4.82. The van der Waals surface area contributed by atoms with E-state index in [9.17, 15) is 9.59 Å².